The number of nitrogens with one attached hydrogen (secondary N) is 1. The Hall–Kier alpha value is -1.25. The van der Waals surface area contributed by atoms with Crippen LogP contribution in [0.3, 0.4) is 0 Å². The predicted octanol–water partition coefficient (Wildman–Crippen LogP) is 3.67. The van der Waals surface area contributed by atoms with Crippen LogP contribution >= 0.6 is 0 Å². The summed E-state index contributed by atoms with van der Waals surface area (Å²) in [6.45, 7) is 6.60. The van der Waals surface area contributed by atoms with Crippen molar-refractivity contribution in [2.24, 2.45) is 0 Å². The fraction of sp³-hybridized carbons (Fsp3) is 0.667. The maximum Gasteiger partial charge on any atom is 0.131 e. The van der Waals surface area contributed by atoms with Crippen molar-refractivity contribution in [3.05, 3.63) is 18.2 Å². The standard InChI is InChI=1S/C15H25N3/c1-3-11-16-14-9-7-10-15(17-14)18-12-6-5-8-13(18)4-2/h7,9-10,13H,3-6,8,11-12H2,1-2H3,(H,16,17). The molecule has 2 rings (SSSR count). The first-order valence-corrected chi connectivity index (χ1v) is 7.32. The monoisotopic (exact) mass is 247 g/mol. The topological polar surface area (TPSA) is 28.2 Å². The van der Waals surface area contributed by atoms with E-state index < -0.39 is 0 Å². The van der Waals surface area contributed by atoms with Crippen LogP contribution in [0, 0.1) is 0 Å². The highest BCUT2D eigenvalue weighted by Gasteiger charge is 2.21. The Labute approximate surface area is 111 Å². The normalized spacial score (nSPS) is 19.9. The molecule has 1 aliphatic rings. The van der Waals surface area contributed by atoms with E-state index in [1.807, 2.05) is 0 Å². The van der Waals surface area contributed by atoms with E-state index in [9.17, 15) is 0 Å². The molecule has 0 aliphatic carbocycles. The zero-order valence-corrected chi connectivity index (χ0v) is 11.7. The van der Waals surface area contributed by atoms with Gasteiger partial charge in [-0.2, -0.15) is 0 Å². The first-order valence-electron chi connectivity index (χ1n) is 7.32. The third-order valence-corrected chi connectivity index (χ3v) is 3.68. The van der Waals surface area contributed by atoms with Crippen molar-refractivity contribution in [3.63, 3.8) is 0 Å². The van der Waals surface area contributed by atoms with E-state index in [0.29, 0.717) is 6.04 Å². The van der Waals surface area contributed by atoms with Gasteiger partial charge in [0.05, 0.1) is 0 Å². The molecule has 0 saturated carbocycles. The van der Waals surface area contributed by atoms with Crippen LogP contribution in [0.15, 0.2) is 18.2 Å². The number of rotatable bonds is 5. The number of anilines is 2. The van der Waals surface area contributed by atoms with Crippen LogP contribution < -0.4 is 10.2 Å². The molecule has 0 radical (unpaired) electrons. The number of aromatic nitrogens is 1. The Bertz CT molecular complexity index is 365. The van der Waals surface area contributed by atoms with E-state index in [-0.39, 0.29) is 0 Å². The zero-order chi connectivity index (χ0) is 12.8. The first-order chi connectivity index (χ1) is 8.85. The molecule has 3 heteroatoms. The van der Waals surface area contributed by atoms with Crippen LogP contribution in [0.1, 0.15) is 46.0 Å². The van der Waals surface area contributed by atoms with E-state index in [2.05, 4.69) is 42.3 Å². The second-order valence-corrected chi connectivity index (χ2v) is 5.06. The average Bonchev–Trinajstić information content (AvgIpc) is 2.45. The molecule has 1 N–H and O–H groups in total. The molecule has 1 aromatic heterocycles. The molecule has 1 saturated heterocycles. The maximum absolute atomic E-state index is 4.75. The van der Waals surface area contributed by atoms with Gasteiger partial charge in [-0.1, -0.05) is 19.9 Å². The Morgan fingerprint density at radius 2 is 2.22 bits per heavy atom. The molecular weight excluding hydrogens is 222 g/mol. The number of pyridine rings is 1. The Morgan fingerprint density at radius 3 is 3.00 bits per heavy atom. The minimum Gasteiger partial charge on any atom is -0.370 e. The zero-order valence-electron chi connectivity index (χ0n) is 11.7. The lowest BCUT2D eigenvalue weighted by molar-refractivity contribution is 0.447. The van der Waals surface area contributed by atoms with E-state index in [1.54, 1.807) is 0 Å². The molecule has 0 spiro atoms. The molecule has 1 atom stereocenters. The minimum absolute atomic E-state index is 0.674. The number of hydrogen-bond acceptors (Lipinski definition) is 3. The van der Waals surface area contributed by atoms with Gasteiger partial charge in [0.2, 0.25) is 0 Å². The fourth-order valence-corrected chi connectivity index (χ4v) is 2.66. The van der Waals surface area contributed by atoms with Crippen molar-refractivity contribution in [1.29, 1.82) is 0 Å². The third kappa shape index (κ3) is 3.15. The van der Waals surface area contributed by atoms with Gasteiger partial charge in [0.15, 0.2) is 0 Å². The minimum atomic E-state index is 0.674. The maximum atomic E-state index is 4.75. The molecule has 100 valence electrons. The van der Waals surface area contributed by atoms with Crippen LogP contribution in [0.25, 0.3) is 0 Å². The lowest BCUT2D eigenvalue weighted by atomic mass is 10.00. The van der Waals surface area contributed by atoms with Crippen molar-refractivity contribution in [3.8, 4) is 0 Å². The molecular formula is C15H25N3. The summed E-state index contributed by atoms with van der Waals surface area (Å²) >= 11 is 0. The van der Waals surface area contributed by atoms with E-state index in [4.69, 9.17) is 4.98 Å². The molecule has 1 aromatic rings. The number of nitrogens with zero attached hydrogens (tertiary/aromatic N) is 2. The van der Waals surface area contributed by atoms with Crippen molar-refractivity contribution in [1.82, 2.24) is 4.98 Å². The van der Waals surface area contributed by atoms with Crippen molar-refractivity contribution in [2.45, 2.75) is 52.0 Å². The second kappa shape index (κ2) is 6.62. The molecule has 1 aliphatic heterocycles. The highest BCUT2D eigenvalue weighted by atomic mass is 15.2. The number of piperidine rings is 1. The lowest BCUT2D eigenvalue weighted by Gasteiger charge is -2.36. The molecule has 18 heavy (non-hydrogen) atoms. The molecule has 0 bridgehead atoms. The van der Waals surface area contributed by atoms with Crippen molar-refractivity contribution in [2.75, 3.05) is 23.3 Å². The summed E-state index contributed by atoms with van der Waals surface area (Å²) in [6, 6.07) is 6.99. The smallest absolute Gasteiger partial charge is 0.131 e. The van der Waals surface area contributed by atoms with Crippen LogP contribution in [-0.4, -0.2) is 24.1 Å². The van der Waals surface area contributed by atoms with E-state index in [1.165, 1.54) is 25.7 Å². The molecule has 2 heterocycles. The summed E-state index contributed by atoms with van der Waals surface area (Å²) in [5.74, 6) is 2.15. The highest BCUT2D eigenvalue weighted by molar-refractivity contribution is 5.48. The van der Waals surface area contributed by atoms with Crippen LogP contribution in [-0.2, 0) is 0 Å². The molecule has 0 amide bonds. The summed E-state index contributed by atoms with van der Waals surface area (Å²) in [7, 11) is 0. The summed E-state index contributed by atoms with van der Waals surface area (Å²) < 4.78 is 0. The van der Waals surface area contributed by atoms with Gasteiger partial charge in [-0.25, -0.2) is 4.98 Å². The van der Waals surface area contributed by atoms with Crippen LogP contribution in [0.4, 0.5) is 11.6 Å². The third-order valence-electron chi connectivity index (χ3n) is 3.68. The predicted molar refractivity (Wildman–Crippen MR) is 78.3 cm³/mol. The largest absolute Gasteiger partial charge is 0.370 e. The van der Waals surface area contributed by atoms with E-state index >= 15 is 0 Å². The van der Waals surface area contributed by atoms with Gasteiger partial charge in [-0.05, 0) is 44.2 Å². The van der Waals surface area contributed by atoms with Crippen molar-refractivity contribution >= 4 is 11.6 Å². The SMILES string of the molecule is CCCNc1cccc(N2CCCCC2CC)n1. The van der Waals surface area contributed by atoms with Crippen LogP contribution in [0.5, 0.6) is 0 Å². The van der Waals surface area contributed by atoms with Gasteiger partial charge < -0.3 is 10.2 Å². The Kier molecular flexibility index (Phi) is 4.85. The van der Waals surface area contributed by atoms with Gasteiger partial charge in [0.1, 0.15) is 11.6 Å². The van der Waals surface area contributed by atoms with Gasteiger partial charge in [0.25, 0.3) is 0 Å². The molecule has 1 fully saturated rings. The van der Waals surface area contributed by atoms with Gasteiger partial charge in [-0.3, -0.25) is 0 Å². The lowest BCUT2D eigenvalue weighted by Crippen LogP contribution is -2.39. The van der Waals surface area contributed by atoms with Crippen LogP contribution in [0.2, 0.25) is 0 Å². The molecule has 3 nitrogen and oxygen atoms in total. The first kappa shape index (κ1) is 13.2. The summed E-state index contributed by atoms with van der Waals surface area (Å²) in [6.07, 6.45) is 6.32. The fourth-order valence-electron chi connectivity index (χ4n) is 2.66. The van der Waals surface area contributed by atoms with Crippen molar-refractivity contribution < 1.29 is 0 Å². The summed E-state index contributed by atoms with van der Waals surface area (Å²) in [5, 5.41) is 3.37. The highest BCUT2D eigenvalue weighted by Crippen LogP contribution is 2.25. The Morgan fingerprint density at radius 1 is 1.33 bits per heavy atom. The number of hydrogen-bond donors (Lipinski definition) is 1. The van der Waals surface area contributed by atoms with E-state index in [0.717, 1.165) is 31.1 Å². The molecule has 0 aromatic carbocycles. The average molecular weight is 247 g/mol. The summed E-state index contributed by atoms with van der Waals surface area (Å²) in [4.78, 5) is 7.23. The second-order valence-electron chi connectivity index (χ2n) is 5.06. The van der Waals surface area contributed by atoms with Gasteiger partial charge >= 0.3 is 0 Å². The Balaban J connectivity index is 2.10. The summed E-state index contributed by atoms with van der Waals surface area (Å²) in [5.41, 5.74) is 0. The quantitative estimate of drug-likeness (QED) is 0.860. The van der Waals surface area contributed by atoms with Gasteiger partial charge in [-0.15, -0.1) is 0 Å². The van der Waals surface area contributed by atoms with Gasteiger partial charge in [0, 0.05) is 19.1 Å². The molecule has 1 unspecified atom stereocenters.